The van der Waals surface area contributed by atoms with Crippen molar-refractivity contribution in [1.82, 2.24) is 9.80 Å². The highest BCUT2D eigenvalue weighted by molar-refractivity contribution is 5.99. The Morgan fingerprint density at radius 1 is 1.00 bits per heavy atom. The Hall–Kier alpha value is -3.39. The molecule has 1 saturated heterocycles. The summed E-state index contributed by atoms with van der Waals surface area (Å²) in [5.74, 6) is 0.160. The van der Waals surface area contributed by atoms with Gasteiger partial charge >= 0.3 is 0 Å². The first kappa shape index (κ1) is 22.3. The summed E-state index contributed by atoms with van der Waals surface area (Å²) in [5.41, 5.74) is 2.02. The number of anilines is 2. The van der Waals surface area contributed by atoms with Crippen molar-refractivity contribution in [3.8, 4) is 5.75 Å². The number of ether oxygens (including phenoxy) is 1. The first-order chi connectivity index (χ1) is 14.9. The molecule has 1 fully saturated rings. The molecule has 0 spiro atoms. The van der Waals surface area contributed by atoms with E-state index in [2.05, 4.69) is 10.6 Å². The Labute approximate surface area is 182 Å². The van der Waals surface area contributed by atoms with Crippen LogP contribution in [0.1, 0.15) is 25.5 Å². The summed E-state index contributed by atoms with van der Waals surface area (Å²) in [6, 6.07) is 14.8. The number of carbonyl (C=O) groups is 3. The van der Waals surface area contributed by atoms with E-state index in [0.29, 0.717) is 36.8 Å². The topological polar surface area (TPSA) is 91.0 Å². The minimum absolute atomic E-state index is 0.0225. The van der Waals surface area contributed by atoms with Gasteiger partial charge in [-0.2, -0.15) is 0 Å². The van der Waals surface area contributed by atoms with Crippen molar-refractivity contribution in [2.45, 2.75) is 19.9 Å². The number of hydrogen-bond acceptors (Lipinski definition) is 5. The third-order valence-electron chi connectivity index (χ3n) is 5.23. The van der Waals surface area contributed by atoms with Gasteiger partial charge < -0.3 is 20.3 Å². The van der Waals surface area contributed by atoms with Gasteiger partial charge in [-0.05, 0) is 17.7 Å². The van der Waals surface area contributed by atoms with E-state index in [4.69, 9.17) is 4.74 Å². The second-order valence-corrected chi connectivity index (χ2v) is 7.51. The fourth-order valence-corrected chi connectivity index (χ4v) is 3.77. The summed E-state index contributed by atoms with van der Waals surface area (Å²) >= 11 is 0. The number of carbonyl (C=O) groups excluding carboxylic acids is 3. The monoisotopic (exact) mass is 424 g/mol. The van der Waals surface area contributed by atoms with Crippen LogP contribution in [0.5, 0.6) is 5.75 Å². The number of nitrogens with zero attached hydrogens (tertiary/aromatic N) is 2. The second-order valence-electron chi connectivity index (χ2n) is 7.51. The molecule has 31 heavy (non-hydrogen) atoms. The van der Waals surface area contributed by atoms with Gasteiger partial charge in [0.25, 0.3) is 0 Å². The van der Waals surface area contributed by atoms with E-state index < -0.39 is 0 Å². The predicted octanol–water partition coefficient (Wildman–Crippen LogP) is 2.50. The van der Waals surface area contributed by atoms with E-state index in [1.54, 1.807) is 25.1 Å². The minimum atomic E-state index is -0.230. The molecule has 3 amide bonds. The lowest BCUT2D eigenvalue weighted by atomic mass is 10.0. The highest BCUT2D eigenvalue weighted by Gasteiger charge is 2.30. The van der Waals surface area contributed by atoms with Crippen molar-refractivity contribution in [3.05, 3.63) is 54.1 Å². The summed E-state index contributed by atoms with van der Waals surface area (Å²) in [4.78, 5) is 40.3. The van der Waals surface area contributed by atoms with Crippen LogP contribution < -0.4 is 15.4 Å². The third kappa shape index (κ3) is 5.82. The molecule has 8 nitrogen and oxygen atoms in total. The average molecular weight is 425 g/mol. The van der Waals surface area contributed by atoms with Crippen LogP contribution >= 0.6 is 0 Å². The second kappa shape index (κ2) is 10.1. The molecule has 0 radical (unpaired) electrons. The molecule has 1 aliphatic heterocycles. The highest BCUT2D eigenvalue weighted by atomic mass is 16.5. The first-order valence-electron chi connectivity index (χ1n) is 10.2. The Kier molecular flexibility index (Phi) is 7.25. The van der Waals surface area contributed by atoms with Gasteiger partial charge in [0, 0.05) is 39.5 Å². The van der Waals surface area contributed by atoms with Gasteiger partial charge in [-0.3, -0.25) is 19.3 Å². The quantitative estimate of drug-likeness (QED) is 0.744. The van der Waals surface area contributed by atoms with Crippen LogP contribution in [0.15, 0.2) is 48.5 Å². The number of rotatable bonds is 6. The van der Waals surface area contributed by atoms with Crippen molar-refractivity contribution in [2.75, 3.05) is 43.9 Å². The summed E-state index contributed by atoms with van der Waals surface area (Å²) in [7, 11) is 1.54. The zero-order valence-electron chi connectivity index (χ0n) is 18.1. The summed E-state index contributed by atoms with van der Waals surface area (Å²) in [6.45, 7) is 4.88. The van der Waals surface area contributed by atoms with E-state index in [0.717, 1.165) is 5.56 Å². The van der Waals surface area contributed by atoms with E-state index >= 15 is 0 Å². The molecular formula is C23H28N4O4. The Morgan fingerprint density at radius 2 is 1.74 bits per heavy atom. The first-order valence-corrected chi connectivity index (χ1v) is 10.2. The number of hydrogen-bond donors (Lipinski definition) is 2. The number of nitrogens with one attached hydrogen (secondary N) is 2. The summed E-state index contributed by atoms with van der Waals surface area (Å²) in [5, 5.41) is 5.58. The van der Waals surface area contributed by atoms with Gasteiger partial charge in [0.1, 0.15) is 5.75 Å². The summed E-state index contributed by atoms with van der Waals surface area (Å²) in [6.07, 6.45) is 0. The molecule has 1 unspecified atom stereocenters. The SMILES string of the molecule is COc1ccc(NC(C)=O)c(NC(=O)CN2CCN(C(C)=O)C(c3ccccc3)C2)c1. The van der Waals surface area contributed by atoms with E-state index in [1.165, 1.54) is 14.0 Å². The average Bonchev–Trinajstić information content (AvgIpc) is 2.75. The fourth-order valence-electron chi connectivity index (χ4n) is 3.77. The standard InChI is InChI=1S/C23H28N4O4/c1-16(28)24-20-10-9-19(31-3)13-21(20)25-23(30)15-26-11-12-27(17(2)29)22(14-26)18-7-5-4-6-8-18/h4-10,13,22H,11-12,14-15H2,1-3H3,(H,24,28)(H,25,30). The van der Waals surface area contributed by atoms with Crippen molar-refractivity contribution in [3.63, 3.8) is 0 Å². The van der Waals surface area contributed by atoms with Crippen LogP contribution in [0.4, 0.5) is 11.4 Å². The summed E-state index contributed by atoms with van der Waals surface area (Å²) < 4.78 is 5.23. The number of amides is 3. The Morgan fingerprint density at radius 3 is 2.39 bits per heavy atom. The van der Waals surface area contributed by atoms with Gasteiger partial charge in [-0.1, -0.05) is 30.3 Å². The van der Waals surface area contributed by atoms with E-state index in [9.17, 15) is 14.4 Å². The van der Waals surface area contributed by atoms with Crippen LogP contribution in [0.25, 0.3) is 0 Å². The maximum atomic E-state index is 12.8. The van der Waals surface area contributed by atoms with Gasteiger partial charge in [-0.15, -0.1) is 0 Å². The highest BCUT2D eigenvalue weighted by Crippen LogP contribution is 2.28. The maximum Gasteiger partial charge on any atom is 0.238 e. The molecule has 0 aliphatic carbocycles. The zero-order chi connectivity index (χ0) is 22.4. The van der Waals surface area contributed by atoms with Gasteiger partial charge in [0.05, 0.1) is 31.1 Å². The van der Waals surface area contributed by atoms with Crippen molar-refractivity contribution in [1.29, 1.82) is 0 Å². The van der Waals surface area contributed by atoms with Gasteiger partial charge in [0.2, 0.25) is 17.7 Å². The molecule has 1 heterocycles. The molecule has 2 N–H and O–H groups in total. The third-order valence-corrected chi connectivity index (χ3v) is 5.23. The molecule has 8 heteroatoms. The van der Waals surface area contributed by atoms with E-state index in [1.807, 2.05) is 40.1 Å². The number of piperazine rings is 1. The Bertz CT molecular complexity index is 948. The molecule has 1 aliphatic rings. The number of benzene rings is 2. The van der Waals surface area contributed by atoms with Gasteiger partial charge in [-0.25, -0.2) is 0 Å². The normalized spacial score (nSPS) is 16.5. The fraction of sp³-hybridized carbons (Fsp3) is 0.348. The molecular weight excluding hydrogens is 396 g/mol. The molecule has 3 rings (SSSR count). The largest absolute Gasteiger partial charge is 0.497 e. The smallest absolute Gasteiger partial charge is 0.238 e. The van der Waals surface area contributed by atoms with E-state index in [-0.39, 0.29) is 30.3 Å². The molecule has 2 aromatic rings. The van der Waals surface area contributed by atoms with Crippen LogP contribution in [0.2, 0.25) is 0 Å². The van der Waals surface area contributed by atoms with Crippen LogP contribution in [0.3, 0.4) is 0 Å². The van der Waals surface area contributed by atoms with Crippen LogP contribution in [-0.2, 0) is 14.4 Å². The zero-order valence-corrected chi connectivity index (χ0v) is 18.1. The molecule has 1 atom stereocenters. The lowest BCUT2D eigenvalue weighted by Crippen LogP contribution is -2.51. The molecule has 0 aromatic heterocycles. The van der Waals surface area contributed by atoms with Gasteiger partial charge in [0.15, 0.2) is 0 Å². The number of methoxy groups -OCH3 is 1. The van der Waals surface area contributed by atoms with Crippen molar-refractivity contribution >= 4 is 29.1 Å². The van der Waals surface area contributed by atoms with Crippen LogP contribution in [-0.4, -0.2) is 60.8 Å². The molecule has 0 saturated carbocycles. The molecule has 164 valence electrons. The lowest BCUT2D eigenvalue weighted by molar-refractivity contribution is -0.134. The maximum absolute atomic E-state index is 12.8. The predicted molar refractivity (Wildman–Crippen MR) is 119 cm³/mol. The molecule has 0 bridgehead atoms. The lowest BCUT2D eigenvalue weighted by Gasteiger charge is -2.41. The minimum Gasteiger partial charge on any atom is -0.497 e. The van der Waals surface area contributed by atoms with Crippen LogP contribution in [0, 0.1) is 0 Å². The Balaban J connectivity index is 1.71. The van der Waals surface area contributed by atoms with Crippen molar-refractivity contribution < 1.29 is 19.1 Å². The van der Waals surface area contributed by atoms with Crippen molar-refractivity contribution in [2.24, 2.45) is 0 Å². The molecule has 2 aromatic carbocycles.